The first-order valence-corrected chi connectivity index (χ1v) is 20.9. The van der Waals surface area contributed by atoms with Crippen LogP contribution in [0.3, 0.4) is 0 Å². The van der Waals surface area contributed by atoms with Gasteiger partial charge in [-0.05, 0) is 6.42 Å². The van der Waals surface area contributed by atoms with Crippen molar-refractivity contribution in [2.75, 3.05) is 0 Å². The predicted molar refractivity (Wildman–Crippen MR) is 197 cm³/mol. The fourth-order valence-electron chi connectivity index (χ4n) is 6.56. The lowest BCUT2D eigenvalue weighted by Gasteiger charge is -2.05. The molecule has 0 saturated carbocycles. The van der Waals surface area contributed by atoms with Gasteiger partial charge in [-0.3, -0.25) is 0 Å². The van der Waals surface area contributed by atoms with Crippen molar-refractivity contribution in [3.63, 3.8) is 0 Å². The van der Waals surface area contributed by atoms with E-state index in [1.54, 1.807) is 0 Å². The van der Waals surface area contributed by atoms with Crippen LogP contribution in [0.5, 0.6) is 0 Å². The summed E-state index contributed by atoms with van der Waals surface area (Å²) in [5, 5.41) is 0. The van der Waals surface area contributed by atoms with Gasteiger partial charge in [-0.15, -0.1) is 23.2 Å². The zero-order chi connectivity index (χ0) is 30.4. The first-order valence-electron chi connectivity index (χ1n) is 20.1. The number of unbranched alkanes of at least 4 members (excludes halogenated alkanes) is 36. The Morgan fingerprint density at radius 3 is 0.524 bits per heavy atom. The molecule has 0 aliphatic rings. The van der Waals surface area contributed by atoms with E-state index in [2.05, 4.69) is 6.92 Å². The van der Waals surface area contributed by atoms with Crippen LogP contribution in [-0.4, -0.2) is 4.84 Å². The molecule has 0 amide bonds. The lowest BCUT2D eigenvalue weighted by molar-refractivity contribution is 0.510. The average molecular weight is 632 g/mol. The van der Waals surface area contributed by atoms with E-state index in [0.717, 1.165) is 6.42 Å². The quantitative estimate of drug-likeness (QED) is 0.0470. The highest BCUT2D eigenvalue weighted by Crippen LogP contribution is 2.18. The summed E-state index contributed by atoms with van der Waals surface area (Å²) in [4.78, 5) is -0.159. The van der Waals surface area contributed by atoms with E-state index in [1.807, 2.05) is 0 Å². The Morgan fingerprint density at radius 2 is 0.381 bits per heavy atom. The van der Waals surface area contributed by atoms with Crippen molar-refractivity contribution in [3.8, 4) is 0 Å². The van der Waals surface area contributed by atoms with Crippen LogP contribution in [-0.2, 0) is 0 Å². The van der Waals surface area contributed by atoms with Gasteiger partial charge in [-0.25, -0.2) is 0 Å². The van der Waals surface area contributed by atoms with E-state index < -0.39 is 0 Å². The minimum atomic E-state index is -0.159. The Kier molecular flexibility index (Phi) is 40.2. The molecular formula is C40H80Cl2. The molecular weight excluding hydrogens is 551 g/mol. The summed E-state index contributed by atoms with van der Waals surface area (Å²) >= 11 is 11.5. The van der Waals surface area contributed by atoms with E-state index in [0.29, 0.717) is 0 Å². The van der Waals surface area contributed by atoms with Crippen molar-refractivity contribution in [2.24, 2.45) is 0 Å². The van der Waals surface area contributed by atoms with Crippen LogP contribution in [0.2, 0.25) is 0 Å². The zero-order valence-electron chi connectivity index (χ0n) is 29.2. The van der Waals surface area contributed by atoms with Gasteiger partial charge in [-0.1, -0.05) is 244 Å². The summed E-state index contributed by atoms with van der Waals surface area (Å²) in [7, 11) is 0. The van der Waals surface area contributed by atoms with E-state index in [-0.39, 0.29) is 4.84 Å². The van der Waals surface area contributed by atoms with Gasteiger partial charge in [-0.2, -0.15) is 0 Å². The lowest BCUT2D eigenvalue weighted by atomic mass is 10.0. The highest BCUT2D eigenvalue weighted by Gasteiger charge is 1.99. The van der Waals surface area contributed by atoms with Gasteiger partial charge in [0.2, 0.25) is 0 Å². The molecule has 0 nitrogen and oxygen atoms in total. The van der Waals surface area contributed by atoms with E-state index in [9.17, 15) is 0 Å². The number of rotatable bonds is 38. The second-order valence-electron chi connectivity index (χ2n) is 13.9. The molecule has 0 aromatic heterocycles. The maximum absolute atomic E-state index is 5.77. The maximum atomic E-state index is 5.77. The highest BCUT2D eigenvalue weighted by molar-refractivity contribution is 6.44. The Labute approximate surface area is 278 Å². The summed E-state index contributed by atoms with van der Waals surface area (Å²) < 4.78 is 0. The molecule has 0 aromatic carbocycles. The Balaban J connectivity index is 3.03. The molecule has 0 bridgehead atoms. The van der Waals surface area contributed by atoms with Crippen LogP contribution in [0.25, 0.3) is 0 Å². The van der Waals surface area contributed by atoms with Crippen LogP contribution in [0.4, 0.5) is 0 Å². The van der Waals surface area contributed by atoms with Crippen LogP contribution < -0.4 is 0 Å². The molecule has 0 heterocycles. The summed E-state index contributed by atoms with van der Waals surface area (Å²) in [6.45, 7) is 2.31. The fraction of sp³-hybridized carbons (Fsp3) is 1.00. The molecule has 2 heteroatoms. The normalized spacial score (nSPS) is 11.7. The molecule has 0 atom stereocenters. The molecule has 0 unspecified atom stereocenters. The molecule has 0 aliphatic heterocycles. The Bertz CT molecular complexity index is 449. The van der Waals surface area contributed by atoms with Crippen LogP contribution in [0.1, 0.15) is 251 Å². The molecule has 0 fully saturated rings. The van der Waals surface area contributed by atoms with Crippen LogP contribution in [0, 0.1) is 0 Å². The van der Waals surface area contributed by atoms with Gasteiger partial charge in [0.1, 0.15) is 4.84 Å². The zero-order valence-corrected chi connectivity index (χ0v) is 30.7. The van der Waals surface area contributed by atoms with Crippen molar-refractivity contribution in [1.29, 1.82) is 0 Å². The predicted octanol–water partition coefficient (Wildman–Crippen LogP) is 16.6. The third-order valence-corrected chi connectivity index (χ3v) is 9.96. The van der Waals surface area contributed by atoms with Crippen molar-refractivity contribution in [3.05, 3.63) is 0 Å². The van der Waals surface area contributed by atoms with E-state index in [1.165, 1.54) is 238 Å². The standard InChI is InChI=1S/C40H80Cl2/c1-2-3-4-5-6-7-8-9-10-11-12-13-14-15-16-17-18-19-20-21-22-23-24-25-26-27-28-29-30-31-32-33-34-35-36-37-38-39-40(41)42/h40H,2-39H2,1H3. The van der Waals surface area contributed by atoms with Gasteiger partial charge in [0.15, 0.2) is 0 Å². The van der Waals surface area contributed by atoms with Crippen LogP contribution >= 0.6 is 23.2 Å². The second-order valence-corrected chi connectivity index (χ2v) is 15.2. The Morgan fingerprint density at radius 1 is 0.238 bits per heavy atom. The summed E-state index contributed by atoms with van der Waals surface area (Å²) in [6, 6.07) is 0. The van der Waals surface area contributed by atoms with Gasteiger partial charge in [0.25, 0.3) is 0 Å². The monoisotopic (exact) mass is 631 g/mol. The lowest BCUT2D eigenvalue weighted by Crippen LogP contribution is -1.87. The highest BCUT2D eigenvalue weighted by atomic mass is 35.5. The molecule has 0 N–H and O–H groups in total. The molecule has 0 rings (SSSR count). The topological polar surface area (TPSA) is 0 Å². The van der Waals surface area contributed by atoms with Gasteiger partial charge < -0.3 is 0 Å². The first kappa shape index (κ1) is 42.6. The number of alkyl halides is 2. The molecule has 254 valence electrons. The number of hydrogen-bond donors (Lipinski definition) is 0. The summed E-state index contributed by atoms with van der Waals surface area (Å²) in [5.74, 6) is 0. The van der Waals surface area contributed by atoms with Crippen molar-refractivity contribution in [1.82, 2.24) is 0 Å². The molecule has 0 saturated heterocycles. The maximum Gasteiger partial charge on any atom is 0.107 e. The SMILES string of the molecule is CCCCCCCCCCCCCCCCCCCCCCCCCCCCCCCCCCCCCCCC(Cl)Cl. The third-order valence-electron chi connectivity index (χ3n) is 9.53. The van der Waals surface area contributed by atoms with E-state index >= 15 is 0 Å². The van der Waals surface area contributed by atoms with Crippen molar-refractivity contribution < 1.29 is 0 Å². The van der Waals surface area contributed by atoms with Crippen molar-refractivity contribution in [2.45, 2.75) is 256 Å². The Hall–Kier alpha value is 0.580. The smallest absolute Gasteiger partial charge is 0.105 e. The molecule has 0 aliphatic carbocycles. The largest absolute Gasteiger partial charge is 0.107 e. The number of hydrogen-bond acceptors (Lipinski definition) is 0. The van der Waals surface area contributed by atoms with Gasteiger partial charge in [0.05, 0.1) is 0 Å². The van der Waals surface area contributed by atoms with Gasteiger partial charge >= 0.3 is 0 Å². The van der Waals surface area contributed by atoms with Crippen LogP contribution in [0.15, 0.2) is 0 Å². The summed E-state index contributed by atoms with van der Waals surface area (Å²) in [6.07, 6.45) is 54.9. The minimum absolute atomic E-state index is 0.159. The van der Waals surface area contributed by atoms with Gasteiger partial charge in [0, 0.05) is 0 Å². The van der Waals surface area contributed by atoms with E-state index in [4.69, 9.17) is 23.2 Å². The third kappa shape index (κ3) is 40.6. The average Bonchev–Trinajstić information content (AvgIpc) is 2.98. The fourth-order valence-corrected chi connectivity index (χ4v) is 6.87. The minimum Gasteiger partial charge on any atom is -0.105 e. The second kappa shape index (κ2) is 39.6. The molecule has 42 heavy (non-hydrogen) atoms. The first-order chi connectivity index (χ1) is 20.8. The molecule has 0 spiro atoms. The summed E-state index contributed by atoms with van der Waals surface area (Å²) in [5.41, 5.74) is 0. The molecule has 0 radical (unpaired) electrons. The van der Waals surface area contributed by atoms with Crippen molar-refractivity contribution >= 4 is 23.2 Å². The molecule has 0 aromatic rings. The number of halogens is 2.